The van der Waals surface area contributed by atoms with Gasteiger partial charge < -0.3 is 10.6 Å². The minimum atomic E-state index is -0.693. The minimum Gasteiger partial charge on any atom is -0.318 e. The summed E-state index contributed by atoms with van der Waals surface area (Å²) in [5.74, 6) is -1.39. The Labute approximate surface area is 153 Å². The van der Waals surface area contributed by atoms with Crippen molar-refractivity contribution in [2.45, 2.75) is 26.2 Å². The monoisotopic (exact) mass is 346 g/mol. The van der Waals surface area contributed by atoms with Gasteiger partial charge in [-0.3, -0.25) is 9.59 Å². The summed E-state index contributed by atoms with van der Waals surface area (Å²) in [5.41, 5.74) is 2.41. The summed E-state index contributed by atoms with van der Waals surface area (Å²) in [6, 6.07) is 20.8. The minimum absolute atomic E-state index is 0.0360. The average molecular weight is 346 g/mol. The van der Waals surface area contributed by atoms with Crippen LogP contribution in [0.15, 0.2) is 66.7 Å². The average Bonchev–Trinajstić information content (AvgIpc) is 2.61. The Bertz CT molecular complexity index is 949. The van der Waals surface area contributed by atoms with Gasteiger partial charge in [-0.15, -0.1) is 0 Å². The lowest BCUT2D eigenvalue weighted by Crippen LogP contribution is -2.29. The molecule has 0 aromatic heterocycles. The Morgan fingerprint density at radius 2 is 1.35 bits per heavy atom. The number of amides is 2. The molecule has 0 atom stereocenters. The van der Waals surface area contributed by atoms with Crippen LogP contribution in [0.3, 0.4) is 0 Å². The second-order valence-corrected chi connectivity index (χ2v) is 7.26. The molecule has 0 aliphatic heterocycles. The number of hydrogen-bond acceptors (Lipinski definition) is 2. The molecule has 3 rings (SSSR count). The van der Waals surface area contributed by atoms with Gasteiger partial charge in [-0.05, 0) is 34.6 Å². The normalized spacial score (nSPS) is 11.2. The van der Waals surface area contributed by atoms with Gasteiger partial charge in [0.05, 0.1) is 0 Å². The molecule has 2 amide bonds. The molecule has 2 N–H and O–H groups in total. The third-order valence-electron chi connectivity index (χ3n) is 4.25. The number of anilines is 2. The molecule has 0 fully saturated rings. The summed E-state index contributed by atoms with van der Waals surface area (Å²) in [5, 5.41) is 7.22. The molecule has 0 aliphatic carbocycles. The van der Waals surface area contributed by atoms with Crippen LogP contribution < -0.4 is 10.6 Å². The Morgan fingerprint density at radius 1 is 0.731 bits per heavy atom. The molecule has 0 radical (unpaired) electrons. The van der Waals surface area contributed by atoms with Crippen LogP contribution in [0, 0.1) is 0 Å². The molecule has 3 aromatic carbocycles. The maximum Gasteiger partial charge on any atom is 0.314 e. The molecule has 0 saturated carbocycles. The first-order chi connectivity index (χ1) is 12.3. The van der Waals surface area contributed by atoms with Crippen LogP contribution in [-0.4, -0.2) is 11.8 Å². The predicted octanol–water partition coefficient (Wildman–Crippen LogP) is 4.71. The van der Waals surface area contributed by atoms with Gasteiger partial charge in [0.2, 0.25) is 0 Å². The van der Waals surface area contributed by atoms with Crippen LogP contribution in [0.4, 0.5) is 11.4 Å². The molecule has 0 spiro atoms. The van der Waals surface area contributed by atoms with E-state index in [-0.39, 0.29) is 5.41 Å². The molecule has 0 bridgehead atoms. The highest BCUT2D eigenvalue weighted by Gasteiger charge is 2.16. The van der Waals surface area contributed by atoms with Crippen molar-refractivity contribution in [3.05, 3.63) is 72.3 Å². The summed E-state index contributed by atoms with van der Waals surface area (Å²) in [6.45, 7) is 6.37. The third kappa shape index (κ3) is 3.91. The Balaban J connectivity index is 1.71. The van der Waals surface area contributed by atoms with E-state index in [0.29, 0.717) is 11.4 Å². The molecule has 0 unspecified atom stereocenters. The zero-order valence-electron chi connectivity index (χ0n) is 15.2. The van der Waals surface area contributed by atoms with E-state index in [2.05, 4.69) is 31.4 Å². The fourth-order valence-electron chi connectivity index (χ4n) is 2.75. The number of hydrogen-bond donors (Lipinski definition) is 2. The van der Waals surface area contributed by atoms with Crippen molar-refractivity contribution in [2.75, 3.05) is 10.6 Å². The topological polar surface area (TPSA) is 58.2 Å². The van der Waals surface area contributed by atoms with Crippen LogP contribution in [-0.2, 0) is 15.0 Å². The number of nitrogens with one attached hydrogen (secondary N) is 2. The van der Waals surface area contributed by atoms with Gasteiger partial charge >= 0.3 is 11.8 Å². The number of rotatable bonds is 2. The predicted molar refractivity (Wildman–Crippen MR) is 106 cm³/mol. The lowest BCUT2D eigenvalue weighted by atomic mass is 9.87. The van der Waals surface area contributed by atoms with Crippen LogP contribution >= 0.6 is 0 Å². The van der Waals surface area contributed by atoms with E-state index in [0.717, 1.165) is 16.3 Å². The van der Waals surface area contributed by atoms with Gasteiger partial charge in [-0.2, -0.15) is 0 Å². The quantitative estimate of drug-likeness (QED) is 0.660. The van der Waals surface area contributed by atoms with Crippen molar-refractivity contribution in [1.29, 1.82) is 0 Å². The molecule has 0 aliphatic rings. The smallest absolute Gasteiger partial charge is 0.314 e. The van der Waals surface area contributed by atoms with Gasteiger partial charge in [-0.25, -0.2) is 0 Å². The lowest BCUT2D eigenvalue weighted by molar-refractivity contribution is -0.132. The second-order valence-electron chi connectivity index (χ2n) is 7.26. The number of benzene rings is 3. The van der Waals surface area contributed by atoms with Gasteiger partial charge in [0, 0.05) is 16.8 Å². The van der Waals surface area contributed by atoms with Crippen molar-refractivity contribution in [2.24, 2.45) is 0 Å². The molecule has 3 aromatic rings. The summed E-state index contributed by atoms with van der Waals surface area (Å²) in [7, 11) is 0. The molecular formula is C22H22N2O2. The summed E-state index contributed by atoms with van der Waals surface area (Å²) in [4.78, 5) is 24.5. The zero-order chi connectivity index (χ0) is 18.7. The summed E-state index contributed by atoms with van der Waals surface area (Å²) < 4.78 is 0. The molecule has 4 heteroatoms. The standard InChI is InChI=1S/C22H22N2O2/c1-22(2,3)16-11-13-17(14-12-16)23-20(25)21(26)24-19-10-6-8-15-7-4-5-9-18(15)19/h4-14H,1-3H3,(H,23,25)(H,24,26). The first-order valence-corrected chi connectivity index (χ1v) is 8.55. The molecule has 26 heavy (non-hydrogen) atoms. The lowest BCUT2D eigenvalue weighted by Gasteiger charge is -2.19. The first-order valence-electron chi connectivity index (χ1n) is 8.55. The van der Waals surface area contributed by atoms with Gasteiger partial charge in [0.1, 0.15) is 0 Å². The Kier molecular flexibility index (Phi) is 4.76. The maximum absolute atomic E-state index is 12.3. The Morgan fingerprint density at radius 3 is 2.04 bits per heavy atom. The number of carbonyl (C=O) groups excluding carboxylic acids is 2. The summed E-state index contributed by atoms with van der Waals surface area (Å²) in [6.07, 6.45) is 0. The zero-order valence-corrected chi connectivity index (χ0v) is 15.2. The molecule has 4 nitrogen and oxygen atoms in total. The Hall–Kier alpha value is -3.14. The highest BCUT2D eigenvalue weighted by Crippen LogP contribution is 2.24. The van der Waals surface area contributed by atoms with E-state index in [9.17, 15) is 9.59 Å². The van der Waals surface area contributed by atoms with Crippen molar-refractivity contribution >= 4 is 34.0 Å². The fourth-order valence-corrected chi connectivity index (χ4v) is 2.75. The SMILES string of the molecule is CC(C)(C)c1ccc(NC(=O)C(=O)Nc2cccc3ccccc23)cc1. The second kappa shape index (κ2) is 7.00. The van der Waals surface area contributed by atoms with Gasteiger partial charge in [-0.1, -0.05) is 69.3 Å². The van der Waals surface area contributed by atoms with Crippen molar-refractivity contribution in [1.82, 2.24) is 0 Å². The third-order valence-corrected chi connectivity index (χ3v) is 4.25. The summed E-state index contributed by atoms with van der Waals surface area (Å²) >= 11 is 0. The van der Waals surface area contributed by atoms with Gasteiger partial charge in [0.15, 0.2) is 0 Å². The van der Waals surface area contributed by atoms with Crippen LogP contribution in [0.2, 0.25) is 0 Å². The van der Waals surface area contributed by atoms with E-state index in [4.69, 9.17) is 0 Å². The van der Waals surface area contributed by atoms with Crippen LogP contribution in [0.25, 0.3) is 10.8 Å². The maximum atomic E-state index is 12.3. The largest absolute Gasteiger partial charge is 0.318 e. The van der Waals surface area contributed by atoms with Crippen molar-refractivity contribution < 1.29 is 9.59 Å². The first kappa shape index (κ1) is 17.7. The van der Waals surface area contributed by atoms with E-state index in [1.54, 1.807) is 6.07 Å². The van der Waals surface area contributed by atoms with E-state index in [1.807, 2.05) is 60.7 Å². The number of fused-ring (bicyclic) bond motifs is 1. The van der Waals surface area contributed by atoms with Gasteiger partial charge in [0.25, 0.3) is 0 Å². The number of carbonyl (C=O) groups is 2. The molecule has 0 heterocycles. The fraction of sp³-hybridized carbons (Fsp3) is 0.182. The van der Waals surface area contributed by atoms with Crippen molar-refractivity contribution in [3.8, 4) is 0 Å². The van der Waals surface area contributed by atoms with E-state index < -0.39 is 11.8 Å². The molecule has 0 saturated heterocycles. The van der Waals surface area contributed by atoms with Crippen molar-refractivity contribution in [3.63, 3.8) is 0 Å². The molecular weight excluding hydrogens is 324 g/mol. The highest BCUT2D eigenvalue weighted by molar-refractivity contribution is 6.44. The van der Waals surface area contributed by atoms with Crippen LogP contribution in [0.1, 0.15) is 26.3 Å². The molecule has 132 valence electrons. The van der Waals surface area contributed by atoms with Crippen LogP contribution in [0.5, 0.6) is 0 Å². The van der Waals surface area contributed by atoms with E-state index in [1.165, 1.54) is 0 Å². The van der Waals surface area contributed by atoms with E-state index >= 15 is 0 Å². The highest BCUT2D eigenvalue weighted by atomic mass is 16.2.